The van der Waals surface area contributed by atoms with Gasteiger partial charge in [0, 0.05) is 116 Å². The molecule has 138 heavy (non-hydrogen) atoms. The minimum absolute atomic E-state index is 0.574. The summed E-state index contributed by atoms with van der Waals surface area (Å²) in [7, 11) is 0. The number of aromatic nitrogens is 12. The van der Waals surface area contributed by atoms with Crippen molar-refractivity contribution in [2.45, 2.75) is 0 Å². The Hall–Kier alpha value is -19.0. The maximum atomic E-state index is 6.95. The summed E-state index contributed by atoms with van der Waals surface area (Å²) in [5.74, 6) is 5.61. The van der Waals surface area contributed by atoms with Crippen molar-refractivity contribution in [1.82, 2.24) is 58.6 Å². The van der Waals surface area contributed by atoms with Gasteiger partial charge in [0.2, 0.25) is 0 Å². The third-order valence-corrected chi connectivity index (χ3v) is 25.9. The maximum Gasteiger partial charge on any atom is 0.167 e. The first-order valence-electron chi connectivity index (χ1n) is 46.0. The smallest absolute Gasteiger partial charge is 0.167 e. The van der Waals surface area contributed by atoms with Crippen LogP contribution in [0.3, 0.4) is 0 Å². The molecule has 0 aliphatic heterocycles. The van der Waals surface area contributed by atoms with Crippen LogP contribution in [0.4, 0.5) is 0 Å². The van der Waals surface area contributed by atoms with Crippen molar-refractivity contribution in [2.24, 2.45) is 0 Å². The Balaban J connectivity index is 0.000000107. The molecule has 0 radical (unpaired) electrons. The number of benzene rings is 19. The summed E-state index contributed by atoms with van der Waals surface area (Å²) in [5, 5.41) is 13.2. The number of hydrogen-bond donors (Lipinski definition) is 0. The van der Waals surface area contributed by atoms with Crippen molar-refractivity contribution in [3.05, 3.63) is 461 Å². The molecule has 0 saturated carbocycles. The second-order valence-electron chi connectivity index (χ2n) is 34.2. The van der Waals surface area contributed by atoms with E-state index in [1.54, 1.807) is 0 Å². The lowest BCUT2D eigenvalue weighted by Crippen LogP contribution is -2.00. The number of hydrogen-bond acceptors (Lipinski definition) is 12. The van der Waals surface area contributed by atoms with Crippen LogP contribution in [0, 0.1) is 0 Å². The van der Waals surface area contributed by atoms with Crippen LogP contribution < -0.4 is 0 Å². The van der Waals surface area contributed by atoms with Gasteiger partial charge in [-0.15, -0.1) is 0 Å². The minimum Gasteiger partial charge on any atom is -0.455 e. The third kappa shape index (κ3) is 13.9. The third-order valence-electron chi connectivity index (χ3n) is 25.9. The number of para-hydroxylation sites is 8. The summed E-state index contributed by atoms with van der Waals surface area (Å²) in [4.78, 5) is 44.5. The summed E-state index contributed by atoms with van der Waals surface area (Å²) in [5.41, 5.74) is 25.4. The van der Waals surface area contributed by atoms with Crippen molar-refractivity contribution in [3.8, 4) is 131 Å². The molecule has 0 bridgehead atoms. The molecule has 0 N–H and O–H groups in total. The van der Waals surface area contributed by atoms with Gasteiger partial charge in [0.1, 0.15) is 33.5 Å². The van der Waals surface area contributed by atoms with Gasteiger partial charge in [0.25, 0.3) is 0 Å². The molecule has 0 amide bonds. The molecule has 19 aromatic carbocycles. The first kappa shape index (κ1) is 79.9. The van der Waals surface area contributed by atoms with E-state index in [4.69, 9.17) is 58.1 Å². The van der Waals surface area contributed by atoms with Gasteiger partial charge in [0.15, 0.2) is 52.4 Å². The van der Waals surface area contributed by atoms with E-state index in [1.165, 1.54) is 0 Å². The van der Waals surface area contributed by atoms with Crippen LogP contribution in [0.5, 0.6) is 0 Å². The molecule has 28 aromatic rings. The van der Waals surface area contributed by atoms with Crippen molar-refractivity contribution in [2.75, 3.05) is 0 Å². The SMILES string of the molecule is c1ccc(-c2nc(-c3ccccc3)nc(-c3ccc4c5c6oc7ccccc7c6ccc5n(-c5ccccc5)c4c3)n2)cc1.c1ccc(-c2nc(-c3ccccc3)nc(-c3cccc(-c4cccc5c4oc4c5ccc5c4c4ccccc4n5-c4ccccc4)c3)n2)cc1.c1ccc(-c2nc(-c3ccccc3)nc(-c3cccc4c3oc3c4ccc4c3c3ccccc3n4-c3ccccc3)n2)cc1. The predicted octanol–water partition coefficient (Wildman–Crippen LogP) is 31.3. The van der Waals surface area contributed by atoms with Crippen molar-refractivity contribution in [1.29, 1.82) is 0 Å². The molecule has 28 rings (SSSR count). The average molecular weight is 1770 g/mol. The van der Waals surface area contributed by atoms with E-state index in [9.17, 15) is 0 Å². The molecule has 646 valence electrons. The van der Waals surface area contributed by atoms with Crippen molar-refractivity contribution >= 4 is 131 Å². The van der Waals surface area contributed by atoms with Crippen LogP contribution in [-0.4, -0.2) is 58.6 Å². The zero-order valence-electron chi connectivity index (χ0n) is 74.0. The Bertz CT molecular complexity index is 9390. The van der Waals surface area contributed by atoms with Gasteiger partial charge in [-0.05, 0) is 115 Å². The average Bonchev–Trinajstić information content (AvgIpc) is 1.57. The Labute approximate surface area is 789 Å². The van der Waals surface area contributed by atoms with Crippen LogP contribution in [0.15, 0.2) is 474 Å². The molecule has 9 heterocycles. The van der Waals surface area contributed by atoms with Crippen molar-refractivity contribution in [3.63, 3.8) is 0 Å². The summed E-state index contributed by atoms with van der Waals surface area (Å²) >= 11 is 0. The van der Waals surface area contributed by atoms with E-state index < -0.39 is 0 Å². The highest BCUT2D eigenvalue weighted by Crippen LogP contribution is 2.48. The maximum absolute atomic E-state index is 6.95. The highest BCUT2D eigenvalue weighted by atomic mass is 16.3. The lowest BCUT2D eigenvalue weighted by atomic mass is 10.00. The fraction of sp³-hybridized carbons (Fsp3) is 0. The van der Waals surface area contributed by atoms with Crippen LogP contribution in [0.25, 0.3) is 262 Å². The van der Waals surface area contributed by atoms with Gasteiger partial charge in [-0.2, -0.15) is 0 Å². The lowest BCUT2D eigenvalue weighted by molar-refractivity contribution is 0.672. The molecule has 0 aliphatic carbocycles. The summed E-state index contributed by atoms with van der Waals surface area (Å²) < 4.78 is 27.3. The quantitative estimate of drug-likeness (QED) is 0.107. The topological polar surface area (TPSA) is 170 Å². The number of furan rings is 3. The number of fused-ring (bicyclic) bond motifs is 21. The highest BCUT2D eigenvalue weighted by Gasteiger charge is 2.27. The lowest BCUT2D eigenvalue weighted by Gasteiger charge is -2.10. The fourth-order valence-electron chi connectivity index (χ4n) is 19.6. The summed E-state index contributed by atoms with van der Waals surface area (Å²) in [6.45, 7) is 0. The molecule has 0 unspecified atom stereocenters. The van der Waals surface area contributed by atoms with Gasteiger partial charge >= 0.3 is 0 Å². The highest BCUT2D eigenvalue weighted by molar-refractivity contribution is 6.28. The van der Waals surface area contributed by atoms with E-state index in [-0.39, 0.29) is 0 Å². The van der Waals surface area contributed by atoms with Gasteiger partial charge in [-0.1, -0.05) is 352 Å². The van der Waals surface area contributed by atoms with Crippen molar-refractivity contribution < 1.29 is 13.3 Å². The second kappa shape index (κ2) is 33.7. The Kier molecular flexibility index (Phi) is 19.5. The zero-order chi connectivity index (χ0) is 91.1. The second-order valence-corrected chi connectivity index (χ2v) is 34.2. The molecule has 15 nitrogen and oxygen atoms in total. The molecular weight excluding hydrogens is 1690 g/mol. The van der Waals surface area contributed by atoms with Gasteiger partial charge < -0.3 is 27.0 Å². The van der Waals surface area contributed by atoms with Crippen LogP contribution in [0.1, 0.15) is 0 Å². The molecule has 0 fully saturated rings. The summed E-state index contributed by atoms with van der Waals surface area (Å²) in [6, 6.07) is 158. The molecule has 0 saturated heterocycles. The number of nitrogens with zero attached hydrogens (tertiary/aromatic N) is 12. The Morgan fingerprint density at radius 1 is 0.145 bits per heavy atom. The zero-order valence-corrected chi connectivity index (χ0v) is 74.0. The first-order valence-corrected chi connectivity index (χ1v) is 46.0. The largest absolute Gasteiger partial charge is 0.455 e. The molecular formula is C123H76N12O3. The molecule has 0 atom stereocenters. The Morgan fingerprint density at radius 2 is 0.406 bits per heavy atom. The van der Waals surface area contributed by atoms with Crippen LogP contribution in [-0.2, 0) is 0 Å². The molecule has 15 heteroatoms. The molecule has 0 aliphatic rings. The van der Waals surface area contributed by atoms with Gasteiger partial charge in [-0.25, -0.2) is 44.9 Å². The van der Waals surface area contributed by atoms with E-state index in [1.807, 2.05) is 212 Å². The van der Waals surface area contributed by atoms with E-state index in [0.29, 0.717) is 52.4 Å². The fourth-order valence-corrected chi connectivity index (χ4v) is 19.6. The molecule has 0 spiro atoms. The summed E-state index contributed by atoms with van der Waals surface area (Å²) in [6.07, 6.45) is 0. The minimum atomic E-state index is 0.574. The molecule has 9 aromatic heterocycles. The van der Waals surface area contributed by atoms with E-state index in [2.05, 4.69) is 262 Å². The van der Waals surface area contributed by atoms with Crippen LogP contribution >= 0.6 is 0 Å². The van der Waals surface area contributed by atoms with E-state index in [0.717, 1.165) is 209 Å². The normalized spacial score (nSPS) is 11.6. The Morgan fingerprint density at radius 3 is 0.812 bits per heavy atom. The van der Waals surface area contributed by atoms with Gasteiger partial charge in [0.05, 0.1) is 54.8 Å². The predicted molar refractivity (Wildman–Crippen MR) is 559 cm³/mol. The van der Waals surface area contributed by atoms with Gasteiger partial charge in [-0.3, -0.25) is 0 Å². The first-order chi connectivity index (χ1) is 68.4. The standard InChI is InChI=1S/C45H28N4O.2C39H24N4O/c1-4-14-29(15-5-1)43-46-44(30-16-6-2-7-17-30)48-45(47-43)32-19-12-18-31(28-32)34-23-13-24-35-36-26-27-39-40(42(36)50-41(34)35)37-22-10-11-25-38(37)49(39)33-20-8-3-9-21-33;1-4-13-25(14-5-1)37-40-38(26-15-6-2-7-16-26)42-39(41-37)31-21-12-20-28-29-23-24-33-34(36(29)44-35(28)31)30-19-10-11-22-32(30)43(33)27-17-8-3-9-18-27;1-4-12-25(13-5-1)37-40-38(26-14-6-2-7-15-26)42-39(41-37)27-20-21-31-33(24-27)43(28-16-8-3-9-17-28)32-23-22-30-29-18-10-11-19-34(29)44-36(30)35(31)32/h1-28H;2*1-24H. The van der Waals surface area contributed by atoms with E-state index >= 15 is 0 Å². The number of rotatable bonds is 13. The monoisotopic (exact) mass is 1770 g/mol. The van der Waals surface area contributed by atoms with Crippen LogP contribution in [0.2, 0.25) is 0 Å².